The number of carboxylic acid groups (broad SMARTS) is 1. The molecule has 0 unspecified atom stereocenters. The Kier molecular flexibility index (Phi) is 14.0. The van der Waals surface area contributed by atoms with Crippen molar-refractivity contribution in [2.75, 3.05) is 30.8 Å². The molecule has 0 aliphatic carbocycles. The predicted molar refractivity (Wildman–Crippen MR) is 261 cm³/mol. The zero-order chi connectivity index (χ0) is 48.8. The number of carbonyl (C=O) groups is 6. The molecule has 3 heterocycles. The van der Waals surface area contributed by atoms with Crippen molar-refractivity contribution >= 4 is 58.1 Å². The molecule has 4 atom stereocenters. The summed E-state index contributed by atoms with van der Waals surface area (Å²) in [6.07, 6.45) is -0.0472. The summed E-state index contributed by atoms with van der Waals surface area (Å²) < 4.78 is 11.0. The Morgan fingerprint density at radius 2 is 1.16 bits per heavy atom. The SMILES string of the molecule is COc1ccc(-c2c(-c3ccc(NC(=O)[C@@H]4CCCN4C(=O)[C@H](NC(=O)O)c4ccccc4)cc3)[nH]c3ccc(NC(=O)[C@@H]4CCCN4C(=O)[C@H](NC(=O)OC(C)(C)C)c4ccccc4)cc23)cc1. The number of nitrogens with one attached hydrogen (secondary N) is 5. The number of aromatic amines is 1. The van der Waals surface area contributed by atoms with Gasteiger partial charge in [0.15, 0.2) is 0 Å². The van der Waals surface area contributed by atoms with Crippen molar-refractivity contribution in [2.45, 2.75) is 76.2 Å². The van der Waals surface area contributed by atoms with Gasteiger partial charge in [0.25, 0.3) is 11.8 Å². The van der Waals surface area contributed by atoms with Gasteiger partial charge in [-0.1, -0.05) is 84.9 Å². The Labute approximate surface area is 399 Å². The second kappa shape index (κ2) is 20.4. The average molecular weight is 934 g/mol. The molecule has 6 N–H and O–H groups in total. The van der Waals surface area contributed by atoms with Crippen LogP contribution in [0, 0.1) is 0 Å². The average Bonchev–Trinajstić information content (AvgIpc) is 4.12. The number of nitrogens with zero attached hydrogens (tertiary/aromatic N) is 2. The molecule has 2 aliphatic rings. The fourth-order valence-electron chi connectivity index (χ4n) is 9.07. The molecule has 1 aromatic heterocycles. The van der Waals surface area contributed by atoms with E-state index in [4.69, 9.17) is 9.47 Å². The number of ether oxygens (including phenoxy) is 2. The van der Waals surface area contributed by atoms with Gasteiger partial charge in [-0.25, -0.2) is 9.59 Å². The van der Waals surface area contributed by atoms with Crippen molar-refractivity contribution in [3.63, 3.8) is 0 Å². The van der Waals surface area contributed by atoms with E-state index >= 15 is 0 Å². The number of carbonyl (C=O) groups excluding carboxylic acids is 5. The summed E-state index contributed by atoms with van der Waals surface area (Å²) >= 11 is 0. The van der Waals surface area contributed by atoms with E-state index in [1.165, 1.54) is 9.80 Å². The maximum Gasteiger partial charge on any atom is 0.408 e. The highest BCUT2D eigenvalue weighted by Crippen LogP contribution is 2.40. The molecule has 0 saturated carbocycles. The Bertz CT molecular complexity index is 2840. The Morgan fingerprint density at radius 1 is 0.652 bits per heavy atom. The quantitative estimate of drug-likeness (QED) is 0.0653. The van der Waals surface area contributed by atoms with E-state index in [0.717, 1.165) is 33.3 Å². The summed E-state index contributed by atoms with van der Waals surface area (Å²) in [5.41, 5.74) is 5.37. The molecule has 6 amide bonds. The first-order valence-corrected chi connectivity index (χ1v) is 22.9. The lowest BCUT2D eigenvalue weighted by Gasteiger charge is -2.29. The van der Waals surface area contributed by atoms with Crippen molar-refractivity contribution in [1.82, 2.24) is 25.4 Å². The van der Waals surface area contributed by atoms with Crippen LogP contribution < -0.4 is 26.0 Å². The number of likely N-dealkylation sites (tertiary alicyclic amines) is 2. The molecule has 0 radical (unpaired) electrons. The third kappa shape index (κ3) is 10.9. The van der Waals surface area contributed by atoms with Crippen molar-refractivity contribution in [2.24, 2.45) is 0 Å². The molecular formula is C53H55N7O9. The normalized spacial score (nSPS) is 16.6. The molecule has 0 spiro atoms. The lowest BCUT2D eigenvalue weighted by Crippen LogP contribution is -2.49. The van der Waals surface area contributed by atoms with E-state index in [1.54, 1.807) is 101 Å². The third-order valence-electron chi connectivity index (χ3n) is 12.3. The number of hydrogen-bond donors (Lipinski definition) is 6. The molecule has 356 valence electrons. The fraction of sp³-hybridized carbons (Fsp3) is 0.283. The van der Waals surface area contributed by atoms with Crippen LogP contribution in [-0.4, -0.2) is 93.6 Å². The smallest absolute Gasteiger partial charge is 0.408 e. The summed E-state index contributed by atoms with van der Waals surface area (Å²) in [4.78, 5) is 87.1. The molecule has 16 nitrogen and oxygen atoms in total. The number of rotatable bonds is 13. The Morgan fingerprint density at radius 3 is 1.68 bits per heavy atom. The Balaban J connectivity index is 1.02. The molecule has 2 saturated heterocycles. The van der Waals surface area contributed by atoms with E-state index in [9.17, 15) is 33.9 Å². The summed E-state index contributed by atoms with van der Waals surface area (Å²) in [6, 6.07) is 34.1. The zero-order valence-corrected chi connectivity index (χ0v) is 38.8. The van der Waals surface area contributed by atoms with Crippen LogP contribution in [0.1, 0.15) is 69.7 Å². The number of amides is 6. The van der Waals surface area contributed by atoms with E-state index in [0.29, 0.717) is 67.0 Å². The zero-order valence-electron chi connectivity index (χ0n) is 38.8. The molecule has 5 aromatic carbocycles. The molecule has 0 bridgehead atoms. The van der Waals surface area contributed by atoms with Gasteiger partial charge in [0.2, 0.25) is 11.8 Å². The highest BCUT2D eigenvalue weighted by molar-refractivity contribution is 6.07. The monoisotopic (exact) mass is 933 g/mol. The van der Waals surface area contributed by atoms with Crippen LogP contribution in [0.3, 0.4) is 0 Å². The molecule has 6 aromatic rings. The lowest BCUT2D eigenvalue weighted by atomic mass is 9.98. The van der Waals surface area contributed by atoms with Gasteiger partial charge in [-0.2, -0.15) is 0 Å². The maximum atomic E-state index is 14.3. The highest BCUT2D eigenvalue weighted by atomic mass is 16.6. The number of anilines is 2. The standard InChI is InChI=1S/C53H55N7O9/c1-53(2,3)69-52(67)58-46(34-15-9-6-10-16-34)50(64)60-30-12-18-42(60)48(62)55-37-25-28-40-39(31-37)43(32-21-26-38(68-4)27-22-32)44(56-40)35-19-23-36(24-20-35)54-47(61)41-17-11-29-59(41)49(63)45(57-51(65)66)33-13-7-5-8-14-33/h5-10,13-16,19-28,31,41-42,45-46,56-57H,11-12,17-18,29-30H2,1-4H3,(H,54,61)(H,55,62)(H,58,67)(H,65,66)/t41-,42-,45+,46+/m0/s1. The molecular weight excluding hydrogens is 879 g/mol. The number of aromatic nitrogens is 1. The summed E-state index contributed by atoms with van der Waals surface area (Å²) in [7, 11) is 1.60. The van der Waals surface area contributed by atoms with Crippen molar-refractivity contribution in [1.29, 1.82) is 0 Å². The number of alkyl carbamates (subject to hydrolysis) is 1. The first-order valence-electron chi connectivity index (χ1n) is 22.9. The lowest BCUT2D eigenvalue weighted by molar-refractivity contribution is -0.138. The van der Waals surface area contributed by atoms with Crippen LogP contribution in [0.5, 0.6) is 5.75 Å². The number of benzene rings is 5. The number of H-pyrrole nitrogens is 1. The predicted octanol–water partition coefficient (Wildman–Crippen LogP) is 8.64. The Hall–Kier alpha value is -8.14. The van der Waals surface area contributed by atoms with Crippen LogP contribution in [0.25, 0.3) is 33.3 Å². The van der Waals surface area contributed by atoms with Crippen LogP contribution in [0.15, 0.2) is 127 Å². The van der Waals surface area contributed by atoms with Gasteiger partial charge < -0.3 is 50.6 Å². The highest BCUT2D eigenvalue weighted by Gasteiger charge is 2.40. The topological polar surface area (TPSA) is 212 Å². The summed E-state index contributed by atoms with van der Waals surface area (Å²) in [6.45, 7) is 5.87. The van der Waals surface area contributed by atoms with Crippen LogP contribution in [-0.2, 0) is 23.9 Å². The van der Waals surface area contributed by atoms with Gasteiger partial charge in [-0.15, -0.1) is 0 Å². The minimum Gasteiger partial charge on any atom is -0.497 e. The van der Waals surface area contributed by atoms with E-state index < -0.39 is 53.8 Å². The number of hydrogen-bond acceptors (Lipinski definition) is 8. The number of fused-ring (bicyclic) bond motifs is 1. The molecule has 2 aliphatic heterocycles. The van der Waals surface area contributed by atoms with E-state index in [2.05, 4.69) is 26.3 Å². The first kappa shape index (κ1) is 47.4. The van der Waals surface area contributed by atoms with Gasteiger partial charge >= 0.3 is 12.2 Å². The molecule has 2 fully saturated rings. The van der Waals surface area contributed by atoms with Gasteiger partial charge in [-0.3, -0.25) is 19.2 Å². The van der Waals surface area contributed by atoms with E-state index in [1.807, 2.05) is 54.6 Å². The van der Waals surface area contributed by atoms with Gasteiger partial charge in [0, 0.05) is 40.9 Å². The van der Waals surface area contributed by atoms with Gasteiger partial charge in [0.1, 0.15) is 35.5 Å². The van der Waals surface area contributed by atoms with Crippen molar-refractivity contribution in [3.8, 4) is 28.1 Å². The second-order valence-corrected chi connectivity index (χ2v) is 18.1. The second-order valence-electron chi connectivity index (χ2n) is 18.1. The maximum absolute atomic E-state index is 14.3. The first-order chi connectivity index (χ1) is 33.2. The molecule has 16 heteroatoms. The minimum absolute atomic E-state index is 0.309. The number of methoxy groups -OCH3 is 1. The van der Waals surface area contributed by atoms with Crippen molar-refractivity contribution < 1.29 is 43.3 Å². The van der Waals surface area contributed by atoms with Gasteiger partial charge in [0.05, 0.1) is 12.8 Å². The third-order valence-corrected chi connectivity index (χ3v) is 12.3. The minimum atomic E-state index is -1.35. The van der Waals surface area contributed by atoms with E-state index in [-0.39, 0.29) is 11.8 Å². The molecule has 8 rings (SSSR count). The van der Waals surface area contributed by atoms with Crippen molar-refractivity contribution in [3.05, 3.63) is 139 Å². The summed E-state index contributed by atoms with van der Waals surface area (Å²) in [5.74, 6) is -0.978. The van der Waals surface area contributed by atoms with Crippen LogP contribution >= 0.6 is 0 Å². The van der Waals surface area contributed by atoms with Crippen LogP contribution in [0.4, 0.5) is 21.0 Å². The van der Waals surface area contributed by atoms with Crippen LogP contribution in [0.2, 0.25) is 0 Å². The molecule has 69 heavy (non-hydrogen) atoms. The fourth-order valence-corrected chi connectivity index (χ4v) is 9.07. The van der Waals surface area contributed by atoms with Gasteiger partial charge in [-0.05, 0) is 111 Å². The largest absolute Gasteiger partial charge is 0.497 e. The summed E-state index contributed by atoms with van der Waals surface area (Å²) in [5, 5.41) is 21.4.